The number of ether oxygens (including phenoxy) is 2. The topological polar surface area (TPSA) is 181 Å². The molecule has 264 valence electrons. The van der Waals surface area contributed by atoms with Crippen molar-refractivity contribution in [3.63, 3.8) is 0 Å². The molecule has 0 aromatic carbocycles. The van der Waals surface area contributed by atoms with Crippen molar-refractivity contribution >= 4 is 70.5 Å². The monoisotopic (exact) mass is 713 g/mol. The van der Waals surface area contributed by atoms with E-state index in [4.69, 9.17) is 44.3 Å². The van der Waals surface area contributed by atoms with Crippen molar-refractivity contribution in [1.29, 1.82) is 0 Å². The Kier molecular flexibility index (Phi) is 15.9. The first kappa shape index (κ1) is 41.5. The smallest absolute Gasteiger partial charge is 0.408 e. The summed E-state index contributed by atoms with van der Waals surface area (Å²) in [6, 6.07) is -1.78. The lowest BCUT2D eigenvalue weighted by atomic mass is 9.98. The van der Waals surface area contributed by atoms with Gasteiger partial charge in [-0.25, -0.2) is 9.59 Å². The molecule has 0 aliphatic heterocycles. The molecule has 0 radical (unpaired) electrons. The number of methoxy groups -OCH3 is 1. The van der Waals surface area contributed by atoms with Gasteiger partial charge in [0.2, 0.25) is 23.6 Å². The summed E-state index contributed by atoms with van der Waals surface area (Å²) in [4.78, 5) is 76.2. The van der Waals surface area contributed by atoms with Crippen LogP contribution < -0.4 is 26.6 Å². The maximum atomic E-state index is 13.2. The normalized spacial score (nSPS) is 22.0. The van der Waals surface area contributed by atoms with Crippen molar-refractivity contribution in [2.45, 2.75) is 133 Å². The van der Waals surface area contributed by atoms with E-state index in [9.17, 15) is 28.8 Å². The summed E-state index contributed by atoms with van der Waals surface area (Å²) in [5.74, 6) is -3.24. The number of halogens is 3. The number of amides is 5. The molecule has 46 heavy (non-hydrogen) atoms. The van der Waals surface area contributed by atoms with Gasteiger partial charge >= 0.3 is 12.1 Å². The molecule has 0 aromatic rings. The molecule has 0 spiro atoms. The number of carbonyl (C=O) groups is 6. The Morgan fingerprint density at radius 1 is 0.717 bits per heavy atom. The van der Waals surface area contributed by atoms with Crippen LogP contribution >= 0.6 is 34.8 Å². The number of hydrogen-bond donors (Lipinski definition) is 5. The highest BCUT2D eigenvalue weighted by atomic mass is 35.6. The fourth-order valence-electron chi connectivity index (χ4n) is 5.26. The third kappa shape index (κ3) is 13.7. The fraction of sp³-hybridized carbons (Fsp3) is 0.800. The molecule has 13 nitrogen and oxygen atoms in total. The predicted molar refractivity (Wildman–Crippen MR) is 175 cm³/mol. The zero-order valence-corrected chi connectivity index (χ0v) is 30.4. The first-order valence-corrected chi connectivity index (χ1v) is 16.6. The zero-order valence-electron chi connectivity index (χ0n) is 28.1. The van der Waals surface area contributed by atoms with Crippen LogP contribution in [0.2, 0.25) is 0 Å². The van der Waals surface area contributed by atoms with Crippen LogP contribution in [0.3, 0.4) is 0 Å². The minimum absolute atomic E-state index is 0.349. The van der Waals surface area contributed by atoms with Crippen molar-refractivity contribution < 1.29 is 38.2 Å². The molecule has 5 amide bonds. The zero-order chi connectivity index (χ0) is 35.6. The number of nitrogens with one attached hydrogen (secondary N) is 5. The highest BCUT2D eigenvalue weighted by molar-refractivity contribution is 6.63. The lowest BCUT2D eigenvalue weighted by Crippen LogP contribution is -2.59. The lowest BCUT2D eigenvalue weighted by molar-refractivity contribution is -0.150. The molecule has 2 aliphatic rings. The van der Waals surface area contributed by atoms with Crippen LogP contribution in [0, 0.1) is 11.8 Å². The molecule has 0 unspecified atom stereocenters. The Bertz CT molecular complexity index is 1110. The van der Waals surface area contributed by atoms with Crippen molar-refractivity contribution in [3.05, 3.63) is 0 Å². The van der Waals surface area contributed by atoms with Crippen LogP contribution in [0.5, 0.6) is 0 Å². The van der Waals surface area contributed by atoms with Crippen LogP contribution in [0.1, 0.15) is 93.9 Å². The largest absolute Gasteiger partial charge is 0.467 e. The second-order valence-electron chi connectivity index (χ2n) is 13.6. The average Bonchev–Trinajstić information content (AvgIpc) is 3.55. The maximum absolute atomic E-state index is 13.2. The highest BCUT2D eigenvalue weighted by Crippen LogP contribution is 2.28. The van der Waals surface area contributed by atoms with Crippen molar-refractivity contribution in [1.82, 2.24) is 26.6 Å². The molecule has 2 fully saturated rings. The summed E-state index contributed by atoms with van der Waals surface area (Å²) >= 11 is 14.4. The van der Waals surface area contributed by atoms with Gasteiger partial charge in [0.15, 0.2) is 4.30 Å². The van der Waals surface area contributed by atoms with Gasteiger partial charge in [0.1, 0.15) is 22.7 Å². The first-order valence-electron chi connectivity index (χ1n) is 15.3. The Morgan fingerprint density at radius 2 is 1.20 bits per heavy atom. The second-order valence-corrected chi connectivity index (χ2v) is 15.6. The molecule has 0 saturated heterocycles. The summed E-state index contributed by atoms with van der Waals surface area (Å²) in [7, 11) is 1.25. The van der Waals surface area contributed by atoms with E-state index in [1.54, 1.807) is 55.4 Å². The van der Waals surface area contributed by atoms with Gasteiger partial charge in [-0.1, -0.05) is 47.6 Å². The van der Waals surface area contributed by atoms with E-state index in [1.165, 1.54) is 7.11 Å². The Hall–Kier alpha value is -2.51. The minimum Gasteiger partial charge on any atom is -0.467 e. The van der Waals surface area contributed by atoms with Crippen LogP contribution in [0.15, 0.2) is 0 Å². The molecular weight excluding hydrogens is 665 g/mol. The van der Waals surface area contributed by atoms with E-state index in [2.05, 4.69) is 26.6 Å². The summed E-state index contributed by atoms with van der Waals surface area (Å²) in [5.41, 5.74) is -3.21. The van der Waals surface area contributed by atoms with Gasteiger partial charge in [-0.05, 0) is 81.1 Å². The average molecular weight is 715 g/mol. The van der Waals surface area contributed by atoms with Gasteiger partial charge in [-0.15, -0.1) is 0 Å². The fourth-order valence-corrected chi connectivity index (χ4v) is 5.26. The van der Waals surface area contributed by atoms with Crippen LogP contribution in [0.25, 0.3) is 0 Å². The van der Waals surface area contributed by atoms with E-state index in [1.807, 2.05) is 0 Å². The van der Waals surface area contributed by atoms with Crippen molar-refractivity contribution in [2.75, 3.05) is 7.11 Å². The Balaban J connectivity index is 0.00000249. The van der Waals surface area contributed by atoms with E-state index in [0.29, 0.717) is 32.1 Å². The molecule has 16 heteroatoms. The molecule has 5 atom stereocenters. The van der Waals surface area contributed by atoms with E-state index >= 15 is 0 Å². The SMILES string of the molecule is COC(=O)C(C)(C)NC(=O)[C@H]1CCC[C@@H]1NC(=O)[C@H](C)NC(=O)[C@H]1CCC[C@@H]1NC(=O)C(C)(C)NC(=O)OC(C)(C)C.ClC(Cl)Cl. The molecular formula is C30H50Cl3N5O8. The number of carbonyl (C=O) groups excluding carboxylic acids is 6. The standard InChI is InChI=1S/C29H49N5O8.CHCl3/c1-16(21(35)31-19-14-11-13-18(19)23(37)33-29(7,8)25(39)41-9)30-22(36)17-12-10-15-20(17)32-24(38)28(5,6)34-26(40)42-27(2,3)4;2-1(3)4/h16-20H,10-15H2,1-9H3,(H,30,36)(H,31,35)(H,32,38)(H,33,37)(H,34,40);1H/t16-,17-,18-,19-,20-;/m0./s1. The molecule has 0 heterocycles. The number of esters is 1. The number of hydrogen-bond acceptors (Lipinski definition) is 8. The molecule has 0 bridgehead atoms. The first-order chi connectivity index (χ1) is 21.0. The van der Waals surface area contributed by atoms with E-state index < -0.39 is 74.8 Å². The Labute approximate surface area is 286 Å². The number of alkyl halides is 3. The molecule has 2 aliphatic carbocycles. The third-order valence-corrected chi connectivity index (χ3v) is 7.61. The van der Waals surface area contributed by atoms with Crippen molar-refractivity contribution in [3.8, 4) is 0 Å². The van der Waals surface area contributed by atoms with E-state index in [0.717, 1.165) is 6.42 Å². The second kappa shape index (κ2) is 17.6. The molecule has 2 saturated carbocycles. The number of rotatable bonds is 10. The van der Waals surface area contributed by atoms with Crippen LogP contribution in [-0.2, 0) is 33.4 Å². The molecule has 5 N–H and O–H groups in total. The Morgan fingerprint density at radius 3 is 1.67 bits per heavy atom. The van der Waals surface area contributed by atoms with Crippen LogP contribution in [0.4, 0.5) is 4.79 Å². The summed E-state index contributed by atoms with van der Waals surface area (Å²) < 4.78 is 9.25. The number of alkyl carbamates (subject to hydrolysis) is 1. The summed E-state index contributed by atoms with van der Waals surface area (Å²) in [6.07, 6.45) is 2.97. The van der Waals surface area contributed by atoms with Gasteiger partial charge in [-0.2, -0.15) is 0 Å². The van der Waals surface area contributed by atoms with E-state index in [-0.39, 0.29) is 11.8 Å². The maximum Gasteiger partial charge on any atom is 0.408 e. The van der Waals surface area contributed by atoms with Crippen molar-refractivity contribution in [2.24, 2.45) is 11.8 Å². The predicted octanol–water partition coefficient (Wildman–Crippen LogP) is 3.42. The van der Waals surface area contributed by atoms with Gasteiger partial charge in [0.25, 0.3) is 0 Å². The van der Waals surface area contributed by atoms with Gasteiger partial charge in [-0.3, -0.25) is 19.2 Å². The van der Waals surface area contributed by atoms with Crippen LogP contribution in [-0.4, -0.2) is 81.9 Å². The van der Waals surface area contributed by atoms with Gasteiger partial charge < -0.3 is 36.1 Å². The third-order valence-electron chi connectivity index (χ3n) is 7.61. The summed E-state index contributed by atoms with van der Waals surface area (Å²) in [5, 5.41) is 13.8. The minimum atomic E-state index is -1.28. The highest BCUT2D eigenvalue weighted by Gasteiger charge is 2.41. The van der Waals surface area contributed by atoms with Gasteiger partial charge in [0, 0.05) is 12.1 Å². The van der Waals surface area contributed by atoms with Gasteiger partial charge in [0.05, 0.1) is 18.9 Å². The lowest BCUT2D eigenvalue weighted by Gasteiger charge is -2.30. The quantitative estimate of drug-likeness (QED) is 0.169. The summed E-state index contributed by atoms with van der Waals surface area (Å²) in [6.45, 7) is 12.9. The molecule has 2 rings (SSSR count). The molecule has 0 aromatic heterocycles.